The molecule has 0 aliphatic heterocycles. The molecule has 7 nitrogen and oxygen atoms in total. The summed E-state index contributed by atoms with van der Waals surface area (Å²) in [7, 11) is 0. The molecule has 0 bridgehead atoms. The van der Waals surface area contributed by atoms with Gasteiger partial charge in [0.25, 0.3) is 5.91 Å². The summed E-state index contributed by atoms with van der Waals surface area (Å²) in [5.74, 6) is -1.23. The van der Waals surface area contributed by atoms with Gasteiger partial charge in [-0.15, -0.1) is 0 Å². The number of nitriles is 1. The van der Waals surface area contributed by atoms with Crippen LogP contribution in [0.25, 0.3) is 10.9 Å². The number of aromatic nitrogens is 2. The lowest BCUT2D eigenvalue weighted by Gasteiger charge is -2.13. The van der Waals surface area contributed by atoms with Gasteiger partial charge < -0.3 is 10.1 Å². The summed E-state index contributed by atoms with van der Waals surface area (Å²) in [6, 6.07) is 15.7. The van der Waals surface area contributed by atoms with Crippen molar-refractivity contribution in [2.24, 2.45) is 0 Å². The molecule has 0 saturated heterocycles. The molecule has 2 N–H and O–H groups in total. The monoisotopic (exact) mass is 334 g/mol. The second-order valence-corrected chi connectivity index (χ2v) is 5.31. The molecule has 124 valence electrons. The van der Waals surface area contributed by atoms with Crippen molar-refractivity contribution in [1.82, 2.24) is 10.2 Å². The largest absolute Gasteiger partial charge is 0.448 e. The van der Waals surface area contributed by atoms with Crippen LogP contribution in [-0.2, 0) is 9.53 Å². The van der Waals surface area contributed by atoms with E-state index in [0.29, 0.717) is 22.2 Å². The number of anilines is 1. The SMILES string of the molecule is C[C@H](OC(=O)c1n[nH]c2ccccc12)C(=O)Nc1ccccc1C#N. The van der Waals surface area contributed by atoms with Gasteiger partial charge in [0.1, 0.15) is 6.07 Å². The number of H-pyrrole nitrogens is 1. The van der Waals surface area contributed by atoms with Gasteiger partial charge in [0, 0.05) is 5.39 Å². The molecule has 0 saturated carbocycles. The highest BCUT2D eigenvalue weighted by molar-refractivity contribution is 6.03. The second-order valence-electron chi connectivity index (χ2n) is 5.31. The number of fused-ring (bicyclic) bond motifs is 1. The Balaban J connectivity index is 1.71. The van der Waals surface area contributed by atoms with Crippen LogP contribution in [0.15, 0.2) is 48.5 Å². The summed E-state index contributed by atoms with van der Waals surface area (Å²) in [4.78, 5) is 24.5. The first-order valence-electron chi connectivity index (χ1n) is 7.54. The number of amides is 1. The normalized spacial score (nSPS) is 11.5. The van der Waals surface area contributed by atoms with E-state index in [2.05, 4.69) is 15.5 Å². The second kappa shape index (κ2) is 6.84. The molecule has 0 aliphatic rings. The van der Waals surface area contributed by atoms with E-state index in [9.17, 15) is 9.59 Å². The van der Waals surface area contributed by atoms with Crippen molar-refractivity contribution in [2.75, 3.05) is 5.32 Å². The molecule has 1 heterocycles. The lowest BCUT2D eigenvalue weighted by molar-refractivity contribution is -0.123. The average Bonchev–Trinajstić information content (AvgIpc) is 3.06. The number of hydrogen-bond acceptors (Lipinski definition) is 5. The topological polar surface area (TPSA) is 108 Å². The van der Waals surface area contributed by atoms with E-state index < -0.39 is 18.0 Å². The summed E-state index contributed by atoms with van der Waals surface area (Å²) in [6.07, 6.45) is -1.05. The van der Waals surface area contributed by atoms with E-state index in [1.165, 1.54) is 6.92 Å². The molecule has 0 radical (unpaired) electrons. The lowest BCUT2D eigenvalue weighted by atomic mass is 10.2. The third-order valence-electron chi connectivity index (χ3n) is 3.62. The van der Waals surface area contributed by atoms with Crippen LogP contribution >= 0.6 is 0 Å². The molecule has 0 aliphatic carbocycles. The molecule has 7 heteroatoms. The minimum Gasteiger partial charge on any atom is -0.448 e. The number of nitrogens with one attached hydrogen (secondary N) is 2. The highest BCUT2D eigenvalue weighted by Gasteiger charge is 2.22. The average molecular weight is 334 g/mol. The van der Waals surface area contributed by atoms with Gasteiger partial charge in [-0.05, 0) is 25.1 Å². The van der Waals surface area contributed by atoms with Gasteiger partial charge >= 0.3 is 5.97 Å². The number of esters is 1. The zero-order valence-electron chi connectivity index (χ0n) is 13.3. The van der Waals surface area contributed by atoms with Gasteiger partial charge in [-0.1, -0.05) is 30.3 Å². The molecule has 1 aromatic heterocycles. The Hall–Kier alpha value is -3.66. The third kappa shape index (κ3) is 3.33. The highest BCUT2D eigenvalue weighted by Crippen LogP contribution is 2.17. The fraction of sp³-hybridized carbons (Fsp3) is 0.111. The number of hydrogen-bond donors (Lipinski definition) is 2. The van der Waals surface area contributed by atoms with Gasteiger partial charge in [-0.2, -0.15) is 10.4 Å². The zero-order chi connectivity index (χ0) is 17.8. The first-order chi connectivity index (χ1) is 12.1. The van der Waals surface area contributed by atoms with Crippen LogP contribution in [0.2, 0.25) is 0 Å². The Morgan fingerprint density at radius 3 is 2.72 bits per heavy atom. The fourth-order valence-electron chi connectivity index (χ4n) is 2.31. The highest BCUT2D eigenvalue weighted by atomic mass is 16.5. The Morgan fingerprint density at radius 2 is 1.92 bits per heavy atom. The third-order valence-corrected chi connectivity index (χ3v) is 3.62. The number of carbonyl (C=O) groups is 2. The Kier molecular flexibility index (Phi) is 4.44. The maximum Gasteiger partial charge on any atom is 0.360 e. The number of benzene rings is 2. The van der Waals surface area contributed by atoms with E-state index in [-0.39, 0.29) is 5.69 Å². The Labute approximate surface area is 143 Å². The quantitative estimate of drug-likeness (QED) is 0.713. The van der Waals surface area contributed by atoms with Crippen molar-refractivity contribution in [3.05, 3.63) is 59.8 Å². The maximum absolute atomic E-state index is 12.3. The van der Waals surface area contributed by atoms with Gasteiger partial charge in [0.05, 0.1) is 16.8 Å². The number of carbonyl (C=O) groups excluding carboxylic acids is 2. The first-order valence-corrected chi connectivity index (χ1v) is 7.54. The predicted molar refractivity (Wildman–Crippen MR) is 90.8 cm³/mol. The lowest BCUT2D eigenvalue weighted by Crippen LogP contribution is -2.30. The fourth-order valence-corrected chi connectivity index (χ4v) is 2.31. The zero-order valence-corrected chi connectivity index (χ0v) is 13.3. The minimum absolute atomic E-state index is 0.118. The van der Waals surface area contributed by atoms with Crippen molar-refractivity contribution >= 4 is 28.5 Å². The summed E-state index contributed by atoms with van der Waals surface area (Å²) in [5, 5.41) is 18.9. The van der Waals surface area contributed by atoms with Crippen LogP contribution in [0, 0.1) is 11.3 Å². The Bertz CT molecular complexity index is 987. The molecular formula is C18H14N4O3. The summed E-state index contributed by atoms with van der Waals surface area (Å²) < 4.78 is 5.19. The molecule has 1 amide bonds. The number of para-hydroxylation sites is 2. The van der Waals surface area contributed by atoms with Crippen molar-refractivity contribution < 1.29 is 14.3 Å². The van der Waals surface area contributed by atoms with Crippen molar-refractivity contribution in [2.45, 2.75) is 13.0 Å². The van der Waals surface area contributed by atoms with E-state index in [0.717, 1.165) is 0 Å². The minimum atomic E-state index is -1.05. The Morgan fingerprint density at radius 1 is 1.20 bits per heavy atom. The molecule has 3 rings (SSSR count). The van der Waals surface area contributed by atoms with E-state index in [1.54, 1.807) is 42.5 Å². The van der Waals surface area contributed by atoms with Crippen LogP contribution in [0.3, 0.4) is 0 Å². The van der Waals surface area contributed by atoms with Crippen LogP contribution in [0.1, 0.15) is 23.0 Å². The van der Waals surface area contributed by atoms with Crippen molar-refractivity contribution in [3.8, 4) is 6.07 Å². The number of ether oxygens (including phenoxy) is 1. The molecule has 0 fully saturated rings. The summed E-state index contributed by atoms with van der Waals surface area (Å²) in [5.41, 5.74) is 1.51. The number of aromatic amines is 1. The molecular weight excluding hydrogens is 320 g/mol. The summed E-state index contributed by atoms with van der Waals surface area (Å²) >= 11 is 0. The standard InChI is InChI=1S/C18H14N4O3/c1-11(17(23)20-14-8-4-2-6-12(14)10-19)25-18(24)16-13-7-3-5-9-15(13)21-22-16/h2-9,11H,1H3,(H,20,23)(H,21,22)/t11-/m0/s1. The first kappa shape index (κ1) is 16.2. The van der Waals surface area contributed by atoms with E-state index >= 15 is 0 Å². The van der Waals surface area contributed by atoms with Crippen molar-refractivity contribution in [1.29, 1.82) is 5.26 Å². The maximum atomic E-state index is 12.3. The smallest absolute Gasteiger partial charge is 0.360 e. The molecule has 2 aromatic carbocycles. The van der Waals surface area contributed by atoms with Gasteiger partial charge in [0.2, 0.25) is 0 Å². The molecule has 25 heavy (non-hydrogen) atoms. The molecule has 3 aromatic rings. The predicted octanol–water partition coefficient (Wildman–Crippen LogP) is 2.62. The molecule has 0 unspecified atom stereocenters. The van der Waals surface area contributed by atoms with Crippen LogP contribution in [0.5, 0.6) is 0 Å². The van der Waals surface area contributed by atoms with E-state index in [4.69, 9.17) is 10.00 Å². The van der Waals surface area contributed by atoms with Crippen LogP contribution in [-0.4, -0.2) is 28.2 Å². The molecule has 0 spiro atoms. The molecule has 1 atom stereocenters. The van der Waals surface area contributed by atoms with Crippen LogP contribution < -0.4 is 5.32 Å². The van der Waals surface area contributed by atoms with Crippen LogP contribution in [0.4, 0.5) is 5.69 Å². The van der Waals surface area contributed by atoms with Gasteiger partial charge in [-0.3, -0.25) is 9.89 Å². The van der Waals surface area contributed by atoms with Gasteiger partial charge in [0.15, 0.2) is 11.8 Å². The van der Waals surface area contributed by atoms with Gasteiger partial charge in [-0.25, -0.2) is 4.79 Å². The number of rotatable bonds is 4. The number of nitrogens with zero attached hydrogens (tertiary/aromatic N) is 2. The van der Waals surface area contributed by atoms with E-state index in [1.807, 2.05) is 12.1 Å². The summed E-state index contributed by atoms with van der Waals surface area (Å²) in [6.45, 7) is 1.46. The van der Waals surface area contributed by atoms with Crippen molar-refractivity contribution in [3.63, 3.8) is 0 Å².